The number of anilines is 1. The minimum absolute atomic E-state index is 0.195. The van der Waals surface area contributed by atoms with Crippen LogP contribution in [0.15, 0.2) is 53.9 Å². The molecule has 3 heterocycles. The van der Waals surface area contributed by atoms with Gasteiger partial charge in [0.2, 0.25) is 17.8 Å². The van der Waals surface area contributed by atoms with E-state index in [1.54, 1.807) is 18.2 Å². The molecule has 10 nitrogen and oxygen atoms in total. The van der Waals surface area contributed by atoms with Gasteiger partial charge < -0.3 is 9.47 Å². The Labute approximate surface area is 193 Å². The van der Waals surface area contributed by atoms with E-state index in [0.29, 0.717) is 33.6 Å². The van der Waals surface area contributed by atoms with Gasteiger partial charge in [-0.25, -0.2) is 10.4 Å². The molecule has 1 aliphatic heterocycles. The number of fused-ring (bicyclic) bond motifs is 1. The Morgan fingerprint density at radius 2 is 1.94 bits per heavy atom. The third-order valence-electron chi connectivity index (χ3n) is 4.43. The first-order chi connectivity index (χ1) is 16.0. The highest BCUT2D eigenvalue weighted by atomic mass is 32.1. The number of aryl methyl sites for hydroxylation is 1. The Bertz CT molecular complexity index is 1240. The second kappa shape index (κ2) is 9.92. The zero-order valence-electron chi connectivity index (χ0n) is 17.8. The van der Waals surface area contributed by atoms with E-state index in [0.717, 1.165) is 10.4 Å². The van der Waals surface area contributed by atoms with Crippen LogP contribution >= 0.6 is 11.3 Å². The van der Waals surface area contributed by atoms with Crippen LogP contribution < -0.4 is 25.8 Å². The summed E-state index contributed by atoms with van der Waals surface area (Å²) in [5, 5.41) is 4.82. The van der Waals surface area contributed by atoms with E-state index in [9.17, 15) is 9.59 Å². The van der Waals surface area contributed by atoms with Crippen molar-refractivity contribution >= 4 is 40.1 Å². The molecule has 0 aliphatic carbocycles. The topological polar surface area (TPSA) is 127 Å². The van der Waals surface area contributed by atoms with Gasteiger partial charge >= 0.3 is 0 Å². The van der Waals surface area contributed by atoms with Gasteiger partial charge in [0.05, 0.1) is 10.6 Å². The maximum atomic E-state index is 12.5. The Kier molecular flexibility index (Phi) is 6.60. The molecule has 1 aromatic carbocycles. The molecular formula is C22H20N6O4S. The van der Waals surface area contributed by atoms with E-state index < -0.39 is 0 Å². The number of allylic oxidation sites excluding steroid dienone is 1. The molecule has 2 aromatic heterocycles. The first-order valence-corrected chi connectivity index (χ1v) is 10.7. The molecule has 0 spiro atoms. The highest BCUT2D eigenvalue weighted by Gasteiger charge is 2.15. The van der Waals surface area contributed by atoms with Crippen molar-refractivity contribution in [2.75, 3.05) is 12.2 Å². The van der Waals surface area contributed by atoms with Crippen molar-refractivity contribution in [1.29, 1.82) is 0 Å². The predicted octanol–water partition coefficient (Wildman–Crippen LogP) is 2.89. The largest absolute Gasteiger partial charge is 0.454 e. The number of hydrazine groups is 1. The van der Waals surface area contributed by atoms with E-state index in [1.165, 1.54) is 30.7 Å². The van der Waals surface area contributed by atoms with Crippen molar-refractivity contribution in [1.82, 2.24) is 20.8 Å². The SMILES string of the molecule is CC(=O)NNc1nc(C)c(C(C=Cc2ccc3c(c2)OCO3)=NNC(=O)c2ccncc2)s1. The zero-order chi connectivity index (χ0) is 23.2. The number of thiazole rings is 1. The Balaban J connectivity index is 1.62. The quantitative estimate of drug-likeness (QED) is 0.362. The molecule has 0 saturated heterocycles. The van der Waals surface area contributed by atoms with Crippen molar-refractivity contribution in [3.8, 4) is 11.5 Å². The molecule has 168 valence electrons. The number of aromatic nitrogens is 2. The van der Waals surface area contributed by atoms with Crippen molar-refractivity contribution in [3.05, 3.63) is 70.5 Å². The third-order valence-corrected chi connectivity index (χ3v) is 5.52. The first kappa shape index (κ1) is 22.0. The minimum Gasteiger partial charge on any atom is -0.454 e. The number of carbonyl (C=O) groups excluding carboxylic acids is 2. The van der Waals surface area contributed by atoms with Crippen LogP contribution in [0.4, 0.5) is 5.13 Å². The van der Waals surface area contributed by atoms with Gasteiger partial charge in [0, 0.05) is 24.9 Å². The molecule has 0 radical (unpaired) electrons. The Morgan fingerprint density at radius 3 is 2.73 bits per heavy atom. The summed E-state index contributed by atoms with van der Waals surface area (Å²) in [7, 11) is 0. The van der Waals surface area contributed by atoms with E-state index in [-0.39, 0.29) is 18.6 Å². The van der Waals surface area contributed by atoms with Gasteiger partial charge in [-0.1, -0.05) is 23.5 Å². The number of carbonyl (C=O) groups is 2. The Hall–Kier alpha value is -4.25. The summed E-state index contributed by atoms with van der Waals surface area (Å²) in [4.78, 5) is 32.7. The highest BCUT2D eigenvalue weighted by molar-refractivity contribution is 7.17. The molecule has 11 heteroatoms. The van der Waals surface area contributed by atoms with Crippen LogP contribution in [-0.2, 0) is 4.79 Å². The van der Waals surface area contributed by atoms with Gasteiger partial charge in [0.15, 0.2) is 11.5 Å². The van der Waals surface area contributed by atoms with Gasteiger partial charge in [-0.15, -0.1) is 0 Å². The number of hydrazone groups is 1. The van der Waals surface area contributed by atoms with Crippen LogP contribution in [0.25, 0.3) is 6.08 Å². The molecule has 0 atom stereocenters. The van der Waals surface area contributed by atoms with E-state index in [2.05, 4.69) is 31.3 Å². The summed E-state index contributed by atoms with van der Waals surface area (Å²) in [5.41, 5.74) is 10.3. The number of amides is 2. The van der Waals surface area contributed by atoms with Crippen molar-refractivity contribution in [2.24, 2.45) is 5.10 Å². The number of nitrogens with zero attached hydrogens (tertiary/aromatic N) is 3. The number of benzene rings is 1. The zero-order valence-corrected chi connectivity index (χ0v) is 18.6. The van der Waals surface area contributed by atoms with Gasteiger partial charge in [-0.2, -0.15) is 5.10 Å². The molecule has 0 fully saturated rings. The first-order valence-electron chi connectivity index (χ1n) is 9.86. The lowest BCUT2D eigenvalue weighted by Crippen LogP contribution is -2.26. The van der Waals surface area contributed by atoms with Gasteiger partial charge in [-0.05, 0) is 42.8 Å². The van der Waals surface area contributed by atoms with Crippen LogP contribution in [0, 0.1) is 6.92 Å². The lowest BCUT2D eigenvalue weighted by Gasteiger charge is -2.03. The average molecular weight is 465 g/mol. The molecule has 4 rings (SSSR count). The Morgan fingerprint density at radius 1 is 1.15 bits per heavy atom. The predicted molar refractivity (Wildman–Crippen MR) is 124 cm³/mol. The number of ether oxygens (including phenoxy) is 2. The van der Waals surface area contributed by atoms with Crippen molar-refractivity contribution in [2.45, 2.75) is 13.8 Å². The smallest absolute Gasteiger partial charge is 0.271 e. The normalized spacial score (nSPS) is 12.6. The van der Waals surface area contributed by atoms with Crippen LogP contribution in [0.5, 0.6) is 11.5 Å². The van der Waals surface area contributed by atoms with Gasteiger partial charge in [0.1, 0.15) is 5.71 Å². The fourth-order valence-corrected chi connectivity index (χ4v) is 3.75. The fraction of sp³-hybridized carbons (Fsp3) is 0.136. The summed E-state index contributed by atoms with van der Waals surface area (Å²) < 4.78 is 10.8. The van der Waals surface area contributed by atoms with E-state index in [4.69, 9.17) is 9.47 Å². The van der Waals surface area contributed by atoms with Crippen LogP contribution in [0.1, 0.15) is 33.4 Å². The van der Waals surface area contributed by atoms with Gasteiger partial charge in [0.25, 0.3) is 5.91 Å². The van der Waals surface area contributed by atoms with Gasteiger partial charge in [-0.3, -0.25) is 25.4 Å². The average Bonchev–Trinajstić information content (AvgIpc) is 3.44. The molecular weight excluding hydrogens is 444 g/mol. The van der Waals surface area contributed by atoms with Crippen molar-refractivity contribution < 1.29 is 19.1 Å². The fourth-order valence-electron chi connectivity index (χ4n) is 2.86. The second-order valence-corrected chi connectivity index (χ2v) is 7.86. The van der Waals surface area contributed by atoms with Crippen molar-refractivity contribution in [3.63, 3.8) is 0 Å². The lowest BCUT2D eigenvalue weighted by molar-refractivity contribution is -0.118. The lowest BCUT2D eigenvalue weighted by atomic mass is 10.1. The molecule has 2 amide bonds. The summed E-state index contributed by atoms with van der Waals surface area (Å²) in [6.07, 6.45) is 6.69. The summed E-state index contributed by atoms with van der Waals surface area (Å²) in [5.74, 6) is 0.741. The molecule has 0 unspecified atom stereocenters. The number of rotatable bonds is 7. The maximum Gasteiger partial charge on any atom is 0.271 e. The van der Waals surface area contributed by atoms with Crippen LogP contribution in [0.2, 0.25) is 0 Å². The number of hydrogen-bond donors (Lipinski definition) is 3. The number of pyridine rings is 1. The van der Waals surface area contributed by atoms with E-state index in [1.807, 2.05) is 31.2 Å². The second-order valence-electron chi connectivity index (χ2n) is 6.86. The maximum absolute atomic E-state index is 12.5. The number of hydrogen-bond acceptors (Lipinski definition) is 9. The molecule has 3 N–H and O–H groups in total. The molecule has 1 aliphatic rings. The molecule has 0 saturated carbocycles. The molecule has 3 aromatic rings. The third kappa shape index (κ3) is 5.52. The van der Waals surface area contributed by atoms with Crippen LogP contribution in [-0.4, -0.2) is 34.3 Å². The van der Waals surface area contributed by atoms with Crippen LogP contribution in [0.3, 0.4) is 0 Å². The molecule has 0 bridgehead atoms. The number of nitrogens with one attached hydrogen (secondary N) is 3. The minimum atomic E-state index is -0.370. The standard InChI is InChI=1S/C22H20N6O4S/c1-13-20(33-22(24-13)28-25-14(2)29)17(26-27-21(30)16-7-9-23-10-8-16)5-3-15-4-6-18-19(11-15)32-12-31-18/h3-11H,12H2,1-2H3,(H,24,28)(H,25,29)(H,27,30). The summed E-state index contributed by atoms with van der Waals surface area (Å²) in [6.45, 7) is 3.41. The highest BCUT2D eigenvalue weighted by Crippen LogP contribution is 2.33. The summed E-state index contributed by atoms with van der Waals surface area (Å²) >= 11 is 1.29. The van der Waals surface area contributed by atoms with E-state index >= 15 is 0 Å². The monoisotopic (exact) mass is 464 g/mol. The molecule has 33 heavy (non-hydrogen) atoms. The summed E-state index contributed by atoms with van der Waals surface area (Å²) in [6, 6.07) is 8.77.